The van der Waals surface area contributed by atoms with E-state index in [0.717, 1.165) is 0 Å². The summed E-state index contributed by atoms with van der Waals surface area (Å²) < 4.78 is 115. The molecule has 16 aromatic carbocycles. The molecule has 0 saturated heterocycles. The van der Waals surface area contributed by atoms with E-state index < -0.39 is 23.5 Å². The van der Waals surface area contributed by atoms with Crippen LogP contribution in [0.15, 0.2) is 376 Å². The van der Waals surface area contributed by atoms with Gasteiger partial charge in [0.1, 0.15) is 0 Å². The van der Waals surface area contributed by atoms with Gasteiger partial charge < -0.3 is 18.3 Å². The van der Waals surface area contributed by atoms with Crippen LogP contribution in [0.2, 0.25) is 0 Å². The van der Waals surface area contributed by atoms with E-state index in [1.807, 2.05) is 41.5 Å². The third-order valence-electron chi connectivity index (χ3n) is 25.3. The van der Waals surface area contributed by atoms with Crippen molar-refractivity contribution in [1.29, 1.82) is 0 Å². The molecule has 4 heteroatoms. The van der Waals surface area contributed by atoms with E-state index in [1.165, 1.54) is 150 Å². The number of rotatable bonds is 6. The lowest BCUT2D eigenvalue weighted by atomic mass is 9.77. The van der Waals surface area contributed by atoms with Crippen LogP contribution in [0.25, 0.3) is 132 Å². The fraction of sp³-hybridized carbons (Fsp3) is 0.262. The molecule has 0 atom stereocenters. The molecule has 0 spiro atoms. The van der Waals surface area contributed by atoms with Crippen molar-refractivity contribution in [2.24, 2.45) is 0 Å². The van der Waals surface area contributed by atoms with Gasteiger partial charge in [-0.05, 0) is 209 Å². The predicted molar refractivity (Wildman–Crippen MR) is 586 cm³/mol. The Labute approximate surface area is 818 Å². The summed E-state index contributed by atoms with van der Waals surface area (Å²) in [5, 5.41) is 10.5. The summed E-state index contributed by atoms with van der Waals surface area (Å²) in [5.74, 6) is 0. The Hall–Kier alpha value is -13.3. The molecule has 0 N–H and O–H groups in total. The van der Waals surface area contributed by atoms with Crippen LogP contribution in [0, 0.1) is 13.8 Å². The van der Waals surface area contributed by atoms with Crippen molar-refractivity contribution in [2.75, 3.05) is 0 Å². The third kappa shape index (κ3) is 20.2. The van der Waals surface area contributed by atoms with Crippen LogP contribution in [0.3, 0.4) is 0 Å². The van der Waals surface area contributed by atoms with Crippen molar-refractivity contribution in [2.45, 2.75) is 223 Å². The summed E-state index contributed by atoms with van der Waals surface area (Å²) in [6.45, 7) is 56.0. The van der Waals surface area contributed by atoms with E-state index in [0.29, 0.717) is 33.2 Å². The zero-order valence-electron chi connectivity index (χ0n) is 96.6. The van der Waals surface area contributed by atoms with Crippen molar-refractivity contribution in [3.63, 3.8) is 0 Å². The minimum absolute atomic E-state index is 0.0464. The monoisotopic (exact) mass is 1770 g/mol. The molecule has 134 heavy (non-hydrogen) atoms. The first kappa shape index (κ1) is 79.3. The molecule has 680 valence electrons. The average Bonchev–Trinajstić information content (AvgIpc) is 1.66. The second kappa shape index (κ2) is 38.0. The molecular weight excluding hydrogens is 1620 g/mol. The first-order valence-electron chi connectivity index (χ1n) is 53.7. The van der Waals surface area contributed by atoms with Gasteiger partial charge in [-0.2, -0.15) is 0 Å². The fourth-order valence-corrected chi connectivity index (χ4v) is 18.8. The fourth-order valence-electron chi connectivity index (χ4n) is 18.8. The Bertz CT molecular complexity index is 7880. The molecule has 0 amide bonds. The lowest BCUT2D eigenvalue weighted by Crippen LogP contribution is -2.19. The quantitative estimate of drug-likeness (QED) is 0.158. The molecule has 0 aliphatic carbocycles. The molecule has 4 aromatic heterocycles. The predicted octanol–water partition coefficient (Wildman–Crippen LogP) is 36.8. The zero-order valence-corrected chi connectivity index (χ0v) is 83.6. The summed E-state index contributed by atoms with van der Waals surface area (Å²) in [7, 11) is 0. The van der Waals surface area contributed by atoms with E-state index in [1.54, 1.807) is 25.1 Å². The van der Waals surface area contributed by atoms with E-state index >= 15 is 0 Å². The Kier molecular flexibility index (Phi) is 22.5. The van der Waals surface area contributed by atoms with Crippen molar-refractivity contribution in [1.82, 2.24) is 18.3 Å². The van der Waals surface area contributed by atoms with Crippen molar-refractivity contribution < 1.29 is 17.8 Å². The Morgan fingerprint density at radius 1 is 0.194 bits per heavy atom. The van der Waals surface area contributed by atoms with Crippen molar-refractivity contribution in [3.8, 4) is 45.0 Å². The van der Waals surface area contributed by atoms with Crippen molar-refractivity contribution >= 4 is 87.2 Å². The van der Waals surface area contributed by atoms with Gasteiger partial charge in [0.2, 0.25) is 0 Å². The van der Waals surface area contributed by atoms with E-state index in [-0.39, 0.29) is 110 Å². The molecule has 20 aromatic rings. The Balaban J connectivity index is 0.000000137. The van der Waals surface area contributed by atoms with Gasteiger partial charge in [0, 0.05) is 60.0 Å². The molecule has 0 bridgehead atoms. The van der Waals surface area contributed by atoms with Gasteiger partial charge in [-0.3, -0.25) is 0 Å². The van der Waals surface area contributed by atoms with Crippen LogP contribution < -0.4 is 0 Å². The maximum Gasteiger partial charge on any atom is 0.0629 e. The lowest BCUT2D eigenvalue weighted by Gasteiger charge is -2.28. The molecular formula is C130H140N4. The maximum absolute atomic E-state index is 8.52. The number of hydrogen-bond donors (Lipinski definition) is 0. The minimum atomic E-state index is -0.608. The number of para-hydroxylation sites is 8. The smallest absolute Gasteiger partial charge is 0.0629 e. The van der Waals surface area contributed by atoms with Gasteiger partial charge in [0.05, 0.1) is 73.3 Å². The summed E-state index contributed by atoms with van der Waals surface area (Å²) in [6.07, 6.45) is 0. The third-order valence-corrected chi connectivity index (χ3v) is 25.3. The highest BCUT2D eigenvalue weighted by Crippen LogP contribution is 2.47. The largest absolute Gasteiger partial charge is 0.309 e. The Morgan fingerprint density at radius 3 is 0.813 bits per heavy atom. The summed E-state index contributed by atoms with van der Waals surface area (Å²) in [4.78, 5) is 0. The van der Waals surface area contributed by atoms with Crippen LogP contribution >= 0.6 is 0 Å². The van der Waals surface area contributed by atoms with E-state index in [2.05, 4.69) is 422 Å². The summed E-state index contributed by atoms with van der Waals surface area (Å²) >= 11 is 0. The molecule has 0 saturated carbocycles. The topological polar surface area (TPSA) is 19.7 Å². The molecule has 0 fully saturated rings. The number of nitrogens with zero attached hydrogens (tertiary/aromatic N) is 4. The zero-order chi connectivity index (χ0) is 107. The van der Waals surface area contributed by atoms with Gasteiger partial charge in [-0.1, -0.05) is 463 Å². The first-order chi connectivity index (χ1) is 68.9. The standard InChI is InChI=1S/C34H28N2.C30H37N.C23H24.C22H21N.C11H16.C10H14/c1-34(2,3)33-31(35-27-17-8-4-13-23(27)24-14-5-9-18-28(24)35)21-12-22-32(33)36-29-19-10-6-15-25(29)26-16-7-11-20-30(26)36;1-28(2,3)20-14-16-25-22(18-20)23-19-21(29(4,5)6)15-17-26(23)31(25)27-13-11-10-12-24(27)30(7,8)9;1-17-13-15-19(16-14-17)21-12-8-11-20(22(21)23(2,3)4)18-9-6-5-7-10-18;1-22(2,3)18-12-6-9-15-21(18)23-19-13-7-4-10-16(19)17-11-5-8-14-20(17)23;1-9-7-5-6-8-10(9)11(2,3)4;1-10(2,3)9-7-5-4-6-8-9/h4-22H,1-3H3;10-19H,1-9H3;5-16H,1-4H3;4-15H,1-3H3;5-8H,1-4H3;4-8H,1-3H3/i;;5D,6D,7D,9D,10D,13D,14D,15D,16D;;5D,6D,7D,8D;. The molecule has 4 heterocycles. The molecule has 0 unspecified atom stereocenters. The summed E-state index contributed by atoms with van der Waals surface area (Å²) in [6, 6.07) is 104. The van der Waals surface area contributed by atoms with Crippen LogP contribution in [-0.2, 0) is 43.3 Å². The number of benzene rings is 16. The molecule has 0 aliphatic heterocycles. The average molecular weight is 1770 g/mol. The normalized spacial score (nSPS) is 13.6. The highest BCUT2D eigenvalue weighted by molar-refractivity contribution is 6.13. The number of hydrogen-bond acceptors (Lipinski definition) is 0. The molecule has 4 nitrogen and oxygen atoms in total. The van der Waals surface area contributed by atoms with Crippen LogP contribution in [0.1, 0.15) is 240 Å². The SMILES string of the molecule is CC(C)(C)c1c(-n2c3ccccc3c3ccccc32)cccc1-n1c2ccccc2c2ccccc21.CC(C)(C)c1ccc2c(c1)c1cc(C(C)(C)C)ccc1n2-c1ccccc1C(C)(C)C.CC(C)(C)c1ccccc1.CC(C)(C)c1ccccc1-n1c2ccccc2c2ccccc21.[2H]c1c([2H])c([2H])c(-c2cccc(-c3c([2H])c([2H])c(C)c([2H])c3[2H])c2C(C)(C)C)c([2H])c1[2H].[2H]c1c([2H])c([2H])c(C(C)(C)C)c(C)c1[2H]. The molecule has 0 radical (unpaired) electrons. The van der Waals surface area contributed by atoms with Gasteiger partial charge in [-0.25, -0.2) is 0 Å². The van der Waals surface area contributed by atoms with Crippen LogP contribution in [0.5, 0.6) is 0 Å². The van der Waals surface area contributed by atoms with Crippen LogP contribution in [0.4, 0.5) is 0 Å². The first-order valence-corrected chi connectivity index (χ1v) is 47.2. The van der Waals surface area contributed by atoms with Crippen LogP contribution in [-0.4, -0.2) is 18.3 Å². The number of aromatic nitrogens is 4. The van der Waals surface area contributed by atoms with E-state index in [4.69, 9.17) is 17.8 Å². The van der Waals surface area contributed by atoms with Gasteiger partial charge in [0.15, 0.2) is 0 Å². The van der Waals surface area contributed by atoms with Gasteiger partial charge in [-0.15, -0.1) is 0 Å². The molecule has 20 rings (SSSR count). The van der Waals surface area contributed by atoms with Crippen molar-refractivity contribution in [3.05, 3.63) is 431 Å². The maximum atomic E-state index is 8.52. The lowest BCUT2D eigenvalue weighted by molar-refractivity contribution is 0.584. The van der Waals surface area contributed by atoms with E-state index in [9.17, 15) is 0 Å². The molecule has 0 aliphatic rings. The highest BCUT2D eigenvalue weighted by atomic mass is 15.0. The minimum Gasteiger partial charge on any atom is -0.309 e. The summed E-state index contributed by atoms with van der Waals surface area (Å²) in [5.41, 5.74) is 26.3. The highest BCUT2D eigenvalue weighted by Gasteiger charge is 2.31. The second-order valence-corrected chi connectivity index (χ2v) is 43.7. The number of fused-ring (bicyclic) bond motifs is 12. The Morgan fingerprint density at radius 2 is 0.478 bits per heavy atom. The van der Waals surface area contributed by atoms with Gasteiger partial charge in [0.25, 0.3) is 0 Å². The van der Waals surface area contributed by atoms with Gasteiger partial charge >= 0.3 is 0 Å². The second-order valence-electron chi connectivity index (χ2n) is 43.7.